The van der Waals surface area contributed by atoms with Gasteiger partial charge in [-0.15, -0.1) is 0 Å². The molecule has 1 aliphatic rings. The van der Waals surface area contributed by atoms with Crippen LogP contribution in [-0.4, -0.2) is 27.6 Å². The second-order valence-electron chi connectivity index (χ2n) is 6.55. The summed E-state index contributed by atoms with van der Waals surface area (Å²) >= 11 is 12.0. The first-order chi connectivity index (χ1) is 12.3. The van der Waals surface area contributed by atoms with Crippen molar-refractivity contribution in [3.63, 3.8) is 0 Å². The second kappa shape index (κ2) is 7.24. The van der Waals surface area contributed by atoms with Crippen LogP contribution < -0.4 is 0 Å². The molecule has 0 amide bonds. The molecular formula is C19H18Cl2FNO3. The molecule has 2 N–H and O–H groups in total. The normalized spacial score (nSPS) is 25.0. The van der Waals surface area contributed by atoms with Crippen LogP contribution in [0.5, 0.6) is 0 Å². The van der Waals surface area contributed by atoms with Crippen molar-refractivity contribution in [2.75, 3.05) is 6.61 Å². The molecule has 0 fully saturated rings. The summed E-state index contributed by atoms with van der Waals surface area (Å²) in [6.07, 6.45) is 1.33. The Hall–Kier alpha value is -1.53. The van der Waals surface area contributed by atoms with Crippen molar-refractivity contribution < 1.29 is 19.4 Å². The minimum absolute atomic E-state index is 0.0223. The standard InChI is InChI=1S/C19H18Cl2FNO3/c20-13-5-3-12(15(21)10-13)4-6-16(25)19(22)8-7-18(26,11-24)17-14(19)2-1-9-23-17/h1-3,5,9-10,24,26H,4,6-8,11H2/t18-,19-/m0/s1. The van der Waals surface area contributed by atoms with E-state index in [1.807, 2.05) is 0 Å². The predicted octanol–water partition coefficient (Wildman–Crippen LogP) is 3.73. The Bertz CT molecular complexity index is 847. The van der Waals surface area contributed by atoms with Crippen LogP contribution in [0.3, 0.4) is 0 Å². The number of halogens is 3. The lowest BCUT2D eigenvalue weighted by atomic mass is 9.72. The molecule has 0 saturated carbocycles. The largest absolute Gasteiger partial charge is 0.393 e. The zero-order valence-corrected chi connectivity index (χ0v) is 15.4. The average molecular weight is 398 g/mol. The third-order valence-electron chi connectivity index (χ3n) is 4.90. The number of hydrogen-bond acceptors (Lipinski definition) is 4. The third-order valence-corrected chi connectivity index (χ3v) is 5.49. The number of pyridine rings is 1. The van der Waals surface area contributed by atoms with Crippen LogP contribution in [0.15, 0.2) is 36.5 Å². The summed E-state index contributed by atoms with van der Waals surface area (Å²) in [5.74, 6) is -0.599. The summed E-state index contributed by atoms with van der Waals surface area (Å²) in [7, 11) is 0. The molecule has 138 valence electrons. The van der Waals surface area contributed by atoms with Crippen molar-refractivity contribution >= 4 is 29.0 Å². The van der Waals surface area contributed by atoms with Crippen molar-refractivity contribution in [1.82, 2.24) is 4.98 Å². The number of benzene rings is 1. The summed E-state index contributed by atoms with van der Waals surface area (Å²) in [5.41, 5.74) is -3.12. The fourth-order valence-electron chi connectivity index (χ4n) is 3.34. The molecule has 0 unspecified atom stereocenters. The fraction of sp³-hybridized carbons (Fsp3) is 0.368. The van der Waals surface area contributed by atoms with Gasteiger partial charge < -0.3 is 10.2 Å². The van der Waals surface area contributed by atoms with Crippen LogP contribution in [0, 0.1) is 0 Å². The number of fused-ring (bicyclic) bond motifs is 1. The van der Waals surface area contributed by atoms with E-state index >= 15 is 4.39 Å². The van der Waals surface area contributed by atoms with Gasteiger partial charge in [0.05, 0.1) is 12.3 Å². The Morgan fingerprint density at radius 3 is 2.73 bits per heavy atom. The molecule has 1 aromatic carbocycles. The third kappa shape index (κ3) is 3.37. The van der Waals surface area contributed by atoms with E-state index in [1.54, 1.807) is 18.2 Å². The lowest BCUT2D eigenvalue weighted by molar-refractivity contribution is -0.135. The summed E-state index contributed by atoms with van der Waals surface area (Å²) < 4.78 is 15.7. The van der Waals surface area contributed by atoms with E-state index in [4.69, 9.17) is 23.2 Å². The average Bonchev–Trinajstić information content (AvgIpc) is 2.64. The van der Waals surface area contributed by atoms with Gasteiger partial charge in [0.2, 0.25) is 0 Å². The molecule has 0 aliphatic heterocycles. The lowest BCUT2D eigenvalue weighted by Gasteiger charge is -2.38. The smallest absolute Gasteiger partial charge is 0.195 e. The van der Waals surface area contributed by atoms with Gasteiger partial charge in [0, 0.05) is 28.2 Å². The quantitative estimate of drug-likeness (QED) is 0.806. The van der Waals surface area contributed by atoms with E-state index in [1.165, 1.54) is 18.3 Å². The highest BCUT2D eigenvalue weighted by Crippen LogP contribution is 2.46. The van der Waals surface area contributed by atoms with E-state index in [0.29, 0.717) is 15.6 Å². The molecule has 3 rings (SSSR count). The predicted molar refractivity (Wildman–Crippen MR) is 97.0 cm³/mol. The van der Waals surface area contributed by atoms with Gasteiger partial charge in [0.25, 0.3) is 0 Å². The van der Waals surface area contributed by atoms with Crippen LogP contribution >= 0.6 is 23.2 Å². The van der Waals surface area contributed by atoms with Crippen molar-refractivity contribution in [3.05, 3.63) is 63.4 Å². The highest BCUT2D eigenvalue weighted by atomic mass is 35.5. The summed E-state index contributed by atoms with van der Waals surface area (Å²) in [6.45, 7) is -0.582. The van der Waals surface area contributed by atoms with Crippen molar-refractivity contribution in [2.24, 2.45) is 0 Å². The topological polar surface area (TPSA) is 70.4 Å². The summed E-state index contributed by atoms with van der Waals surface area (Å²) in [4.78, 5) is 16.7. The molecule has 0 spiro atoms. The van der Waals surface area contributed by atoms with E-state index in [2.05, 4.69) is 4.98 Å². The monoisotopic (exact) mass is 397 g/mol. The molecule has 7 heteroatoms. The Morgan fingerprint density at radius 1 is 1.27 bits per heavy atom. The van der Waals surface area contributed by atoms with Crippen molar-refractivity contribution in [2.45, 2.75) is 37.0 Å². The maximum absolute atomic E-state index is 15.7. The Labute approximate surface area is 160 Å². The first-order valence-electron chi connectivity index (χ1n) is 8.25. The Morgan fingerprint density at radius 2 is 2.04 bits per heavy atom. The Kier molecular flexibility index (Phi) is 5.35. The van der Waals surface area contributed by atoms with Crippen LogP contribution in [0.2, 0.25) is 10.0 Å². The van der Waals surface area contributed by atoms with E-state index in [-0.39, 0.29) is 36.9 Å². The van der Waals surface area contributed by atoms with Crippen molar-refractivity contribution in [3.8, 4) is 0 Å². The van der Waals surface area contributed by atoms with Gasteiger partial charge in [-0.05, 0) is 43.0 Å². The minimum atomic E-state index is -2.25. The van der Waals surface area contributed by atoms with Gasteiger partial charge in [-0.1, -0.05) is 35.3 Å². The van der Waals surface area contributed by atoms with Gasteiger partial charge in [-0.25, -0.2) is 4.39 Å². The number of aryl methyl sites for hydroxylation is 1. The zero-order chi connectivity index (χ0) is 18.9. The fourth-order valence-corrected chi connectivity index (χ4v) is 3.85. The van der Waals surface area contributed by atoms with E-state index in [9.17, 15) is 15.0 Å². The van der Waals surface area contributed by atoms with E-state index in [0.717, 1.165) is 0 Å². The van der Waals surface area contributed by atoms with Gasteiger partial charge in [-0.3, -0.25) is 9.78 Å². The maximum Gasteiger partial charge on any atom is 0.195 e. The number of aliphatic hydroxyl groups excluding tert-OH is 1. The van der Waals surface area contributed by atoms with Gasteiger partial charge in [0.15, 0.2) is 11.5 Å². The number of ketones is 1. The van der Waals surface area contributed by atoms with Crippen LogP contribution in [0.25, 0.3) is 0 Å². The van der Waals surface area contributed by atoms with E-state index < -0.39 is 23.7 Å². The van der Waals surface area contributed by atoms with Crippen molar-refractivity contribution in [1.29, 1.82) is 0 Å². The van der Waals surface area contributed by atoms with Gasteiger partial charge >= 0.3 is 0 Å². The molecular weight excluding hydrogens is 380 g/mol. The Balaban J connectivity index is 1.85. The van der Waals surface area contributed by atoms with Crippen LogP contribution in [-0.2, 0) is 22.5 Å². The minimum Gasteiger partial charge on any atom is -0.393 e. The molecule has 4 nitrogen and oxygen atoms in total. The molecule has 1 aromatic heterocycles. The first-order valence-corrected chi connectivity index (χ1v) is 9.01. The molecule has 2 aromatic rings. The summed E-state index contributed by atoms with van der Waals surface area (Å²) in [6, 6.07) is 7.91. The van der Waals surface area contributed by atoms with Gasteiger partial charge in [-0.2, -0.15) is 0 Å². The highest BCUT2D eigenvalue weighted by molar-refractivity contribution is 6.35. The number of carbonyl (C=O) groups excluding carboxylic acids is 1. The first kappa shape index (κ1) is 19.2. The molecule has 1 aliphatic carbocycles. The molecule has 0 radical (unpaired) electrons. The maximum atomic E-state index is 15.7. The lowest BCUT2D eigenvalue weighted by Crippen LogP contribution is -2.45. The summed E-state index contributed by atoms with van der Waals surface area (Å²) in [5, 5.41) is 20.9. The number of rotatable bonds is 5. The number of nitrogens with zero attached hydrogens (tertiary/aromatic N) is 1. The molecule has 0 bridgehead atoms. The molecule has 2 atom stereocenters. The second-order valence-corrected chi connectivity index (χ2v) is 7.39. The van der Waals surface area contributed by atoms with Crippen LogP contribution in [0.1, 0.15) is 36.1 Å². The number of aromatic nitrogens is 1. The highest BCUT2D eigenvalue weighted by Gasteiger charge is 2.51. The van der Waals surface area contributed by atoms with Crippen LogP contribution in [0.4, 0.5) is 4.39 Å². The number of hydrogen-bond donors (Lipinski definition) is 2. The number of carbonyl (C=O) groups is 1. The number of alkyl halides is 1. The zero-order valence-electron chi connectivity index (χ0n) is 13.9. The molecule has 26 heavy (non-hydrogen) atoms. The number of Topliss-reactive ketones (excluding diaryl/α,β-unsaturated/α-hetero) is 1. The molecule has 1 heterocycles. The van der Waals surface area contributed by atoms with Gasteiger partial charge in [0.1, 0.15) is 5.60 Å². The number of aliphatic hydroxyl groups is 2. The SMILES string of the molecule is O=C(CCc1ccc(Cl)cc1Cl)[C@]1(F)CC[C@](O)(CO)c2ncccc21. The molecule has 0 saturated heterocycles.